The summed E-state index contributed by atoms with van der Waals surface area (Å²) >= 11 is 0. The highest BCUT2D eigenvalue weighted by Gasteiger charge is 2.35. The van der Waals surface area contributed by atoms with Crippen LogP contribution in [-0.2, 0) is 12.7 Å². The zero-order valence-corrected chi connectivity index (χ0v) is 13.0. The summed E-state index contributed by atoms with van der Waals surface area (Å²) in [5.41, 5.74) is -0.662. The predicted molar refractivity (Wildman–Crippen MR) is 80.4 cm³/mol. The van der Waals surface area contributed by atoms with E-state index in [1.54, 1.807) is 0 Å². The second kappa shape index (κ2) is 6.77. The maximum absolute atomic E-state index is 13.3. The largest absolute Gasteiger partial charge is 0.416 e. The Balaban J connectivity index is 1.81. The Labute approximate surface area is 133 Å². The summed E-state index contributed by atoms with van der Waals surface area (Å²) in [5.74, 6) is -0.226. The van der Waals surface area contributed by atoms with Gasteiger partial charge in [0.1, 0.15) is 5.82 Å². The Kier molecular flexibility index (Phi) is 4.92. The summed E-state index contributed by atoms with van der Waals surface area (Å²) in [4.78, 5) is 2.18. The molecule has 0 amide bonds. The van der Waals surface area contributed by atoms with Gasteiger partial charge in [-0.15, -0.1) is 0 Å². The fourth-order valence-corrected chi connectivity index (χ4v) is 3.32. The summed E-state index contributed by atoms with van der Waals surface area (Å²) < 4.78 is 52.9. The number of nitrogens with one attached hydrogen (secondary N) is 1. The second-order valence-corrected chi connectivity index (χ2v) is 6.65. The summed E-state index contributed by atoms with van der Waals surface area (Å²) in [6, 6.07) is 3.34. The Hall–Kier alpha value is -1.14. The van der Waals surface area contributed by atoms with Crippen molar-refractivity contribution in [2.24, 2.45) is 5.92 Å². The topological polar surface area (TPSA) is 15.3 Å². The van der Waals surface area contributed by atoms with Crippen molar-refractivity contribution >= 4 is 0 Å². The van der Waals surface area contributed by atoms with E-state index in [1.807, 2.05) is 0 Å². The molecule has 1 aromatic carbocycles. The molecule has 6 heteroatoms. The third-order valence-electron chi connectivity index (χ3n) is 4.77. The van der Waals surface area contributed by atoms with Crippen molar-refractivity contribution in [3.63, 3.8) is 0 Å². The van der Waals surface area contributed by atoms with Gasteiger partial charge in [-0.25, -0.2) is 4.39 Å². The third kappa shape index (κ3) is 4.44. The molecular formula is C17H22F4N2. The van der Waals surface area contributed by atoms with Crippen LogP contribution in [0.4, 0.5) is 17.6 Å². The molecule has 128 valence electrons. The van der Waals surface area contributed by atoms with E-state index in [9.17, 15) is 17.6 Å². The first-order valence-corrected chi connectivity index (χ1v) is 8.24. The van der Waals surface area contributed by atoms with E-state index in [1.165, 1.54) is 6.07 Å². The van der Waals surface area contributed by atoms with Crippen LogP contribution in [0.2, 0.25) is 0 Å². The molecule has 0 spiro atoms. The first kappa shape index (κ1) is 16.7. The van der Waals surface area contributed by atoms with E-state index in [0.717, 1.165) is 51.4 Å². The average molecular weight is 330 g/mol. The van der Waals surface area contributed by atoms with E-state index < -0.39 is 17.6 Å². The standard InChI is InChI=1S/C17H22F4N2/c18-14-4-3-13(16(9-14)17(19,20)21)11-23(10-12-1-2-12)15-5-7-22-8-6-15/h3-4,9,12,15,22H,1-2,5-8,10-11H2. The molecule has 0 aromatic heterocycles. The Morgan fingerprint density at radius 3 is 2.39 bits per heavy atom. The van der Waals surface area contributed by atoms with Crippen LogP contribution in [0.1, 0.15) is 36.8 Å². The molecule has 1 saturated carbocycles. The van der Waals surface area contributed by atoms with Gasteiger partial charge in [0.2, 0.25) is 0 Å². The van der Waals surface area contributed by atoms with Gasteiger partial charge >= 0.3 is 6.18 Å². The van der Waals surface area contributed by atoms with Crippen LogP contribution in [-0.4, -0.2) is 30.6 Å². The number of piperidine rings is 1. The van der Waals surface area contributed by atoms with Crippen LogP contribution in [0.15, 0.2) is 18.2 Å². The predicted octanol–water partition coefficient (Wildman–Crippen LogP) is 3.81. The van der Waals surface area contributed by atoms with Crippen molar-refractivity contribution < 1.29 is 17.6 Å². The van der Waals surface area contributed by atoms with Crippen LogP contribution in [0, 0.1) is 11.7 Å². The molecule has 0 bridgehead atoms. The molecule has 1 aliphatic heterocycles. The smallest absolute Gasteiger partial charge is 0.317 e. The van der Waals surface area contributed by atoms with Crippen LogP contribution in [0.5, 0.6) is 0 Å². The minimum atomic E-state index is -4.52. The maximum Gasteiger partial charge on any atom is 0.416 e. The molecule has 1 N–H and O–H groups in total. The highest BCUT2D eigenvalue weighted by atomic mass is 19.4. The lowest BCUT2D eigenvalue weighted by Gasteiger charge is -2.35. The Morgan fingerprint density at radius 2 is 1.78 bits per heavy atom. The molecule has 0 atom stereocenters. The molecule has 2 aliphatic rings. The van der Waals surface area contributed by atoms with Gasteiger partial charge in [-0.1, -0.05) is 6.07 Å². The van der Waals surface area contributed by atoms with Crippen molar-refractivity contribution in [2.45, 2.75) is 44.4 Å². The van der Waals surface area contributed by atoms with Crippen LogP contribution >= 0.6 is 0 Å². The number of benzene rings is 1. The fourth-order valence-electron chi connectivity index (χ4n) is 3.32. The minimum Gasteiger partial charge on any atom is -0.317 e. The quantitative estimate of drug-likeness (QED) is 0.826. The molecule has 1 saturated heterocycles. The van der Waals surface area contributed by atoms with E-state index in [2.05, 4.69) is 10.2 Å². The Morgan fingerprint density at radius 1 is 1.09 bits per heavy atom. The lowest BCUT2D eigenvalue weighted by molar-refractivity contribution is -0.138. The SMILES string of the molecule is Fc1ccc(CN(CC2CC2)C2CCNCC2)c(C(F)(F)F)c1. The molecule has 0 unspecified atom stereocenters. The van der Waals surface area contributed by atoms with Gasteiger partial charge in [0.05, 0.1) is 5.56 Å². The maximum atomic E-state index is 13.3. The molecule has 23 heavy (non-hydrogen) atoms. The van der Waals surface area contributed by atoms with E-state index in [0.29, 0.717) is 18.0 Å². The molecule has 2 nitrogen and oxygen atoms in total. The van der Waals surface area contributed by atoms with Crippen molar-refractivity contribution in [1.29, 1.82) is 0 Å². The van der Waals surface area contributed by atoms with Crippen molar-refractivity contribution in [3.8, 4) is 0 Å². The molecule has 1 aliphatic carbocycles. The highest BCUT2D eigenvalue weighted by molar-refractivity contribution is 5.30. The molecular weight excluding hydrogens is 308 g/mol. The minimum absolute atomic E-state index is 0.179. The van der Waals surface area contributed by atoms with Gasteiger partial charge in [0, 0.05) is 19.1 Å². The normalized spacial score (nSPS) is 20.2. The van der Waals surface area contributed by atoms with Gasteiger partial charge in [-0.3, -0.25) is 4.90 Å². The monoisotopic (exact) mass is 330 g/mol. The van der Waals surface area contributed by atoms with E-state index >= 15 is 0 Å². The van der Waals surface area contributed by atoms with Gasteiger partial charge in [0.15, 0.2) is 0 Å². The number of halogens is 4. The molecule has 2 fully saturated rings. The van der Waals surface area contributed by atoms with E-state index in [4.69, 9.17) is 0 Å². The summed E-state index contributed by atoms with van der Waals surface area (Å²) in [7, 11) is 0. The van der Waals surface area contributed by atoms with E-state index in [-0.39, 0.29) is 12.1 Å². The van der Waals surface area contributed by atoms with Crippen molar-refractivity contribution in [3.05, 3.63) is 35.1 Å². The lowest BCUT2D eigenvalue weighted by Crippen LogP contribution is -2.43. The Bertz CT molecular complexity index is 534. The summed E-state index contributed by atoms with van der Waals surface area (Å²) in [6.07, 6.45) is -0.282. The van der Waals surface area contributed by atoms with Gasteiger partial charge in [-0.05, 0) is 62.4 Å². The van der Waals surface area contributed by atoms with Gasteiger partial charge < -0.3 is 5.32 Å². The number of rotatable bonds is 5. The highest BCUT2D eigenvalue weighted by Crippen LogP contribution is 2.35. The number of hydrogen-bond donors (Lipinski definition) is 1. The molecule has 3 rings (SSSR count). The van der Waals surface area contributed by atoms with Crippen molar-refractivity contribution in [1.82, 2.24) is 10.2 Å². The second-order valence-electron chi connectivity index (χ2n) is 6.65. The lowest BCUT2D eigenvalue weighted by atomic mass is 10.0. The number of hydrogen-bond acceptors (Lipinski definition) is 2. The third-order valence-corrected chi connectivity index (χ3v) is 4.77. The number of nitrogens with zero attached hydrogens (tertiary/aromatic N) is 1. The zero-order valence-electron chi connectivity index (χ0n) is 13.0. The zero-order chi connectivity index (χ0) is 16.4. The first-order valence-electron chi connectivity index (χ1n) is 8.24. The average Bonchev–Trinajstić information content (AvgIpc) is 3.32. The number of alkyl halides is 3. The van der Waals surface area contributed by atoms with Crippen LogP contribution in [0.25, 0.3) is 0 Å². The van der Waals surface area contributed by atoms with Crippen molar-refractivity contribution in [2.75, 3.05) is 19.6 Å². The molecule has 0 radical (unpaired) electrons. The molecule has 1 aromatic rings. The van der Waals surface area contributed by atoms with Crippen LogP contribution < -0.4 is 5.32 Å². The first-order chi connectivity index (χ1) is 10.9. The summed E-state index contributed by atoms with van der Waals surface area (Å²) in [5, 5.41) is 3.29. The van der Waals surface area contributed by atoms with Gasteiger partial charge in [0.25, 0.3) is 0 Å². The molecule has 1 heterocycles. The van der Waals surface area contributed by atoms with Gasteiger partial charge in [-0.2, -0.15) is 13.2 Å². The van der Waals surface area contributed by atoms with Crippen LogP contribution in [0.3, 0.4) is 0 Å². The fraction of sp³-hybridized carbons (Fsp3) is 0.647. The summed E-state index contributed by atoms with van der Waals surface area (Å²) in [6.45, 7) is 2.90.